The number of nitrogens with zero attached hydrogens (tertiary/aromatic N) is 1. The first-order chi connectivity index (χ1) is 7.54. The molecule has 0 saturated heterocycles. The van der Waals surface area contributed by atoms with Crippen molar-refractivity contribution < 1.29 is 23.0 Å². The molecule has 0 fully saturated rings. The first kappa shape index (κ1) is 13.6. The Morgan fingerprint density at radius 2 is 1.94 bits per heavy atom. The molecule has 16 heavy (non-hydrogen) atoms. The van der Waals surface area contributed by atoms with Crippen LogP contribution in [0.4, 0.5) is 5.69 Å². The molecule has 0 bridgehead atoms. The van der Waals surface area contributed by atoms with Crippen molar-refractivity contribution in [3.63, 3.8) is 0 Å². The fourth-order valence-corrected chi connectivity index (χ4v) is 2.84. The van der Waals surface area contributed by atoms with Gasteiger partial charge in [0.25, 0.3) is 0 Å². The maximum absolute atomic E-state index is 11.4. The van der Waals surface area contributed by atoms with Gasteiger partial charge in [0.2, 0.25) is 0 Å². The summed E-state index contributed by atoms with van der Waals surface area (Å²) in [5.41, 5.74) is 0.730. The second kappa shape index (κ2) is 6.34. The van der Waals surface area contributed by atoms with Gasteiger partial charge in [-0.05, 0) is 0 Å². The summed E-state index contributed by atoms with van der Waals surface area (Å²) < 4.78 is 6.61. The van der Waals surface area contributed by atoms with Crippen LogP contribution in [0.25, 0.3) is 0 Å². The van der Waals surface area contributed by atoms with Crippen molar-refractivity contribution >= 4 is 35.7 Å². The van der Waals surface area contributed by atoms with E-state index in [-0.39, 0.29) is 5.91 Å². The molecule has 0 saturated carbocycles. The Hall–Kier alpha value is -0.437. The van der Waals surface area contributed by atoms with Gasteiger partial charge in [-0.15, -0.1) is 0 Å². The summed E-state index contributed by atoms with van der Waals surface area (Å²) in [6.07, 6.45) is 0. The molecule has 6 heteroatoms. The Morgan fingerprint density at radius 1 is 1.38 bits per heavy atom. The van der Waals surface area contributed by atoms with Crippen LogP contribution in [-0.4, -0.2) is 17.8 Å². The number of amides is 1. The van der Waals surface area contributed by atoms with E-state index in [4.69, 9.17) is 24.1 Å². The first-order valence-electron chi connectivity index (χ1n) is 4.31. The van der Waals surface area contributed by atoms with Crippen LogP contribution in [0, 0.1) is 0 Å². The van der Waals surface area contributed by atoms with E-state index in [2.05, 4.69) is 0 Å². The zero-order valence-corrected chi connectivity index (χ0v) is 12.0. The fraction of sp³-hybridized carbons (Fsp3) is 0.200. The van der Waals surface area contributed by atoms with E-state index in [0.717, 1.165) is 11.4 Å². The van der Waals surface area contributed by atoms with Crippen molar-refractivity contribution in [2.45, 2.75) is 6.92 Å². The van der Waals surface area contributed by atoms with E-state index in [9.17, 15) is 4.79 Å². The molecule has 1 rings (SSSR count). The molecule has 0 N–H and O–H groups in total. The van der Waals surface area contributed by atoms with Crippen molar-refractivity contribution in [1.82, 2.24) is 0 Å². The molecule has 0 aromatic heterocycles. The number of ether oxygens (including phenoxy) is 1. The molecule has 0 unspecified atom stereocenters. The van der Waals surface area contributed by atoms with Crippen LogP contribution in [0.2, 0.25) is 0 Å². The van der Waals surface area contributed by atoms with Gasteiger partial charge >= 0.3 is 108 Å². The van der Waals surface area contributed by atoms with Gasteiger partial charge in [-0.3, -0.25) is 0 Å². The van der Waals surface area contributed by atoms with Gasteiger partial charge in [-0.1, -0.05) is 0 Å². The van der Waals surface area contributed by atoms with Gasteiger partial charge < -0.3 is 0 Å². The molecule has 0 atom stereocenters. The number of hydrogen-bond acceptors (Lipinski definition) is 2. The normalized spacial score (nSPS) is 10.6. The Kier molecular flexibility index (Phi) is 5.40. The summed E-state index contributed by atoms with van der Waals surface area (Å²) in [4.78, 5) is 12.9. The number of carbonyl (C=O) groups excluding carboxylic acids is 1. The number of anilines is 1. The third kappa shape index (κ3) is 3.86. The van der Waals surface area contributed by atoms with E-state index in [1.165, 1.54) is 11.8 Å². The minimum absolute atomic E-state index is 0.120. The van der Waals surface area contributed by atoms with E-state index in [1.54, 1.807) is 36.1 Å². The van der Waals surface area contributed by atoms with Crippen LogP contribution in [0.5, 0.6) is 5.75 Å². The van der Waals surface area contributed by atoms with E-state index >= 15 is 0 Å². The molecule has 0 aliphatic rings. The summed E-state index contributed by atoms with van der Waals surface area (Å²) in [7, 11) is 13.1. The second-order valence-corrected chi connectivity index (χ2v) is 8.55. The number of carbonyl (C=O) groups is 1. The standard InChI is InChI=1S/C10H11NO2.2ClH.Ru/c1-8(12)11(2)9-4-6-10(13-3)7-5-9;;;/h2,4-7H,1,3H3;2*1H;/q;;;+2/p-2. The van der Waals surface area contributed by atoms with Crippen LogP contribution < -0.4 is 9.64 Å². The predicted octanol–water partition coefficient (Wildman–Crippen LogP) is 2.73. The second-order valence-electron chi connectivity index (χ2n) is 2.88. The number of benzene rings is 1. The Labute approximate surface area is 107 Å². The monoisotopic (exact) mass is 349 g/mol. The molecule has 0 aliphatic carbocycles. The van der Waals surface area contributed by atoms with E-state index < -0.39 is 13.5 Å². The van der Waals surface area contributed by atoms with Crippen molar-refractivity contribution in [3.05, 3.63) is 24.3 Å². The van der Waals surface area contributed by atoms with Crippen LogP contribution in [0.3, 0.4) is 0 Å². The van der Waals surface area contributed by atoms with Crippen molar-refractivity contribution in [3.8, 4) is 5.75 Å². The Bertz CT molecular complexity index is 402. The number of rotatable bonds is 3. The van der Waals surface area contributed by atoms with Gasteiger partial charge in [0.15, 0.2) is 0 Å². The minimum atomic E-state index is -2.02. The fourth-order valence-electron chi connectivity index (χ4n) is 1.11. The average molecular weight is 349 g/mol. The van der Waals surface area contributed by atoms with Crippen LogP contribution >= 0.6 is 19.4 Å². The summed E-state index contributed by atoms with van der Waals surface area (Å²) >= 11 is -2.02. The Balaban J connectivity index is 3.02. The summed E-state index contributed by atoms with van der Waals surface area (Å²) in [6.45, 7) is 1.46. The molecule has 1 amide bonds. The summed E-state index contributed by atoms with van der Waals surface area (Å²) in [5.74, 6) is 0.614. The predicted molar refractivity (Wildman–Crippen MR) is 63.9 cm³/mol. The van der Waals surface area contributed by atoms with Gasteiger partial charge in [0, 0.05) is 0 Å². The van der Waals surface area contributed by atoms with Crippen LogP contribution in [0.1, 0.15) is 6.92 Å². The maximum atomic E-state index is 11.4. The topological polar surface area (TPSA) is 29.5 Å². The van der Waals surface area contributed by atoms with Gasteiger partial charge in [-0.2, -0.15) is 0 Å². The van der Waals surface area contributed by atoms with Gasteiger partial charge in [0.05, 0.1) is 0 Å². The zero-order valence-electron chi connectivity index (χ0n) is 8.76. The third-order valence-electron chi connectivity index (χ3n) is 1.85. The molecule has 90 valence electrons. The average Bonchev–Trinajstić information content (AvgIpc) is 2.25. The zero-order chi connectivity index (χ0) is 12.1. The van der Waals surface area contributed by atoms with E-state index in [1.807, 2.05) is 0 Å². The van der Waals surface area contributed by atoms with Gasteiger partial charge in [0.1, 0.15) is 0 Å². The molecule has 3 nitrogen and oxygen atoms in total. The molecular weight excluding hydrogens is 338 g/mol. The van der Waals surface area contributed by atoms with Gasteiger partial charge in [-0.25, -0.2) is 0 Å². The first-order valence-corrected chi connectivity index (χ1v) is 9.79. The molecule has 1 aromatic rings. The number of halogens is 2. The molecular formula is C10H11Cl2NO2Ru. The van der Waals surface area contributed by atoms with E-state index in [0.29, 0.717) is 0 Å². The van der Waals surface area contributed by atoms with Crippen molar-refractivity contribution in [2.24, 2.45) is 0 Å². The summed E-state index contributed by atoms with van der Waals surface area (Å²) in [6, 6.07) is 7.11. The number of hydrogen-bond donors (Lipinski definition) is 0. The van der Waals surface area contributed by atoms with Crippen molar-refractivity contribution in [1.29, 1.82) is 0 Å². The summed E-state index contributed by atoms with van der Waals surface area (Å²) in [5, 5.41) is 0. The SMILES string of the molecule is COc1ccc(N([CH]=[Ru]([Cl])[Cl])C(C)=O)cc1. The van der Waals surface area contributed by atoms with Crippen LogP contribution in [0.15, 0.2) is 24.3 Å². The molecule has 1 aromatic carbocycles. The molecule has 0 radical (unpaired) electrons. The number of methoxy groups -OCH3 is 1. The Morgan fingerprint density at radius 3 is 2.31 bits per heavy atom. The quantitative estimate of drug-likeness (QED) is 0.786. The van der Waals surface area contributed by atoms with Crippen molar-refractivity contribution in [2.75, 3.05) is 12.0 Å². The van der Waals surface area contributed by atoms with Crippen LogP contribution in [-0.2, 0) is 18.3 Å². The molecule has 0 spiro atoms. The molecule has 0 aliphatic heterocycles. The third-order valence-corrected chi connectivity index (χ3v) is 3.45. The molecule has 0 heterocycles.